The lowest BCUT2D eigenvalue weighted by Crippen LogP contribution is -2.19. The number of nitrogens with two attached hydrogens (primary N) is 1. The highest BCUT2D eigenvalue weighted by molar-refractivity contribution is 5.73. The summed E-state index contributed by atoms with van der Waals surface area (Å²) in [5.74, 6) is -0.180. The molecule has 5 nitrogen and oxygen atoms in total. The highest BCUT2D eigenvalue weighted by Crippen LogP contribution is 2.36. The van der Waals surface area contributed by atoms with Crippen molar-refractivity contribution in [2.24, 2.45) is 17.6 Å². The van der Waals surface area contributed by atoms with Crippen LogP contribution in [0.2, 0.25) is 0 Å². The molecule has 0 aromatic carbocycles. The van der Waals surface area contributed by atoms with Crippen molar-refractivity contribution < 1.29 is 19.7 Å². The third-order valence-electron chi connectivity index (χ3n) is 5.11. The number of hydrogen-bond donors (Lipinski definition) is 3. The highest BCUT2D eigenvalue weighted by Gasteiger charge is 2.39. The van der Waals surface area contributed by atoms with Gasteiger partial charge in [-0.1, -0.05) is 37.1 Å². The fraction of sp³-hybridized carbons (Fsp3) is 0.762. The topological polar surface area (TPSA) is 92.8 Å². The third-order valence-corrected chi connectivity index (χ3v) is 5.11. The van der Waals surface area contributed by atoms with E-state index in [1.165, 1.54) is 12.8 Å². The largest absolute Gasteiger partial charge is 0.393 e. The maximum atomic E-state index is 10.7. The van der Waals surface area contributed by atoms with Gasteiger partial charge in [-0.15, -0.1) is 0 Å². The predicted molar refractivity (Wildman–Crippen MR) is 105 cm³/mol. The van der Waals surface area contributed by atoms with Crippen molar-refractivity contribution in [3.63, 3.8) is 0 Å². The first-order valence-corrected chi connectivity index (χ1v) is 10.0. The molecule has 4 atom stereocenters. The molecule has 1 aliphatic rings. The van der Waals surface area contributed by atoms with Crippen LogP contribution in [0.5, 0.6) is 0 Å². The zero-order valence-electron chi connectivity index (χ0n) is 16.2. The summed E-state index contributed by atoms with van der Waals surface area (Å²) in [4.78, 5) is 10.7. The van der Waals surface area contributed by atoms with Crippen molar-refractivity contribution in [2.75, 3.05) is 13.7 Å². The molecule has 5 heteroatoms. The van der Waals surface area contributed by atoms with E-state index in [0.717, 1.165) is 45.1 Å². The second-order valence-corrected chi connectivity index (χ2v) is 7.30. The third kappa shape index (κ3) is 9.51. The van der Waals surface area contributed by atoms with Gasteiger partial charge in [0.05, 0.1) is 12.2 Å². The zero-order chi connectivity index (χ0) is 19.2. The van der Waals surface area contributed by atoms with Crippen molar-refractivity contribution in [1.82, 2.24) is 0 Å². The van der Waals surface area contributed by atoms with Crippen molar-refractivity contribution in [3.05, 3.63) is 24.3 Å². The van der Waals surface area contributed by atoms with Gasteiger partial charge in [0.15, 0.2) is 0 Å². The molecule has 0 aromatic heterocycles. The van der Waals surface area contributed by atoms with E-state index < -0.39 is 12.2 Å². The molecule has 1 rings (SSSR count). The van der Waals surface area contributed by atoms with E-state index in [0.29, 0.717) is 12.8 Å². The van der Waals surface area contributed by atoms with Crippen LogP contribution >= 0.6 is 0 Å². The van der Waals surface area contributed by atoms with E-state index in [2.05, 4.69) is 18.2 Å². The van der Waals surface area contributed by atoms with Crippen molar-refractivity contribution in [3.8, 4) is 0 Å². The number of aliphatic hydroxyl groups excluding tert-OH is 2. The van der Waals surface area contributed by atoms with Crippen LogP contribution in [-0.4, -0.2) is 42.0 Å². The van der Waals surface area contributed by atoms with E-state index in [1.807, 2.05) is 6.08 Å². The van der Waals surface area contributed by atoms with Crippen LogP contribution in [-0.2, 0) is 9.53 Å². The maximum absolute atomic E-state index is 10.7. The quantitative estimate of drug-likeness (QED) is 0.325. The standard InChI is InChI=1S/C21H37NO4/c1-26-15-11-7-3-2-4-8-12-17-18(20(24)16-19(17)23)13-9-5-6-10-14-21(22)25/h5,8-9,12,17-20,23-24H,2-4,6-7,10-11,13-16H2,1H3,(H2,22,25)/b9-5-,12-8+/t17-,18?,19-,20+/m1/s1. The summed E-state index contributed by atoms with van der Waals surface area (Å²) in [5, 5.41) is 20.5. The number of methoxy groups -OCH3 is 1. The van der Waals surface area contributed by atoms with Gasteiger partial charge in [-0.3, -0.25) is 4.79 Å². The lowest BCUT2D eigenvalue weighted by molar-refractivity contribution is -0.118. The summed E-state index contributed by atoms with van der Waals surface area (Å²) in [6.45, 7) is 0.833. The molecule has 0 saturated heterocycles. The average molecular weight is 368 g/mol. The molecule has 150 valence electrons. The molecular formula is C21H37NO4. The highest BCUT2D eigenvalue weighted by atomic mass is 16.5. The van der Waals surface area contributed by atoms with Crippen molar-refractivity contribution in [1.29, 1.82) is 0 Å². The number of allylic oxidation sites excluding steroid dienone is 3. The summed E-state index contributed by atoms with van der Waals surface area (Å²) in [5.41, 5.74) is 5.12. The molecule has 0 aromatic rings. The summed E-state index contributed by atoms with van der Waals surface area (Å²) in [6.07, 6.45) is 16.3. The van der Waals surface area contributed by atoms with Gasteiger partial charge < -0.3 is 20.7 Å². The van der Waals surface area contributed by atoms with Gasteiger partial charge in [0.2, 0.25) is 5.91 Å². The first-order valence-electron chi connectivity index (χ1n) is 10.0. The predicted octanol–water partition coefficient (Wildman–Crippen LogP) is 3.10. The summed E-state index contributed by atoms with van der Waals surface area (Å²) >= 11 is 0. The molecule has 0 aliphatic heterocycles. The van der Waals surface area contributed by atoms with Crippen LogP contribution in [0.25, 0.3) is 0 Å². The molecule has 1 amide bonds. The fourth-order valence-corrected chi connectivity index (χ4v) is 3.59. The molecule has 1 aliphatic carbocycles. The van der Waals surface area contributed by atoms with Crippen molar-refractivity contribution in [2.45, 2.75) is 76.4 Å². The van der Waals surface area contributed by atoms with Gasteiger partial charge >= 0.3 is 0 Å². The SMILES string of the molecule is COCCCCCC/C=C/[C@@H]1C(C/C=C\CCCC(N)=O)[C@@H](O)C[C@H]1O. The Kier molecular flexibility index (Phi) is 12.3. The van der Waals surface area contributed by atoms with Crippen LogP contribution in [0.1, 0.15) is 64.2 Å². The van der Waals surface area contributed by atoms with Gasteiger partial charge in [0.25, 0.3) is 0 Å². The Hall–Kier alpha value is -1.17. The van der Waals surface area contributed by atoms with Crippen LogP contribution in [0, 0.1) is 11.8 Å². The number of ether oxygens (including phenoxy) is 1. The summed E-state index contributed by atoms with van der Waals surface area (Å²) in [7, 11) is 1.73. The van der Waals surface area contributed by atoms with Crippen LogP contribution in [0.3, 0.4) is 0 Å². The number of carbonyl (C=O) groups is 1. The molecular weight excluding hydrogens is 330 g/mol. The number of primary amides is 1. The minimum absolute atomic E-state index is 0.0220. The summed E-state index contributed by atoms with van der Waals surface area (Å²) in [6, 6.07) is 0. The van der Waals surface area contributed by atoms with E-state index in [9.17, 15) is 15.0 Å². The van der Waals surface area contributed by atoms with Gasteiger partial charge in [-0.2, -0.15) is 0 Å². The van der Waals surface area contributed by atoms with Gasteiger partial charge in [0, 0.05) is 32.5 Å². The van der Waals surface area contributed by atoms with E-state index in [4.69, 9.17) is 10.5 Å². The van der Waals surface area contributed by atoms with Crippen LogP contribution in [0.15, 0.2) is 24.3 Å². The second-order valence-electron chi connectivity index (χ2n) is 7.30. The lowest BCUT2D eigenvalue weighted by Gasteiger charge is -2.19. The van der Waals surface area contributed by atoms with E-state index >= 15 is 0 Å². The van der Waals surface area contributed by atoms with Gasteiger partial charge in [-0.25, -0.2) is 0 Å². The number of carbonyl (C=O) groups excluding carboxylic acids is 1. The normalized spacial score (nSPS) is 26.3. The molecule has 1 unspecified atom stereocenters. The maximum Gasteiger partial charge on any atom is 0.217 e. The van der Waals surface area contributed by atoms with Crippen molar-refractivity contribution >= 4 is 5.91 Å². The molecule has 1 saturated carbocycles. The first-order chi connectivity index (χ1) is 12.6. The van der Waals surface area contributed by atoms with E-state index in [1.54, 1.807) is 7.11 Å². The minimum atomic E-state index is -0.462. The molecule has 0 heterocycles. The Morgan fingerprint density at radius 3 is 2.50 bits per heavy atom. The lowest BCUT2D eigenvalue weighted by atomic mass is 9.89. The summed E-state index contributed by atoms with van der Waals surface area (Å²) < 4.78 is 5.04. The molecule has 26 heavy (non-hydrogen) atoms. The number of unbranched alkanes of at least 4 members (excludes halogenated alkanes) is 5. The molecule has 4 N–H and O–H groups in total. The number of amides is 1. The van der Waals surface area contributed by atoms with Gasteiger partial charge in [-0.05, 0) is 44.4 Å². The Morgan fingerprint density at radius 1 is 1.04 bits per heavy atom. The molecule has 1 fully saturated rings. The number of aliphatic hydroxyl groups is 2. The molecule has 0 spiro atoms. The Bertz CT molecular complexity index is 436. The zero-order valence-corrected chi connectivity index (χ0v) is 16.2. The number of hydrogen-bond acceptors (Lipinski definition) is 4. The average Bonchev–Trinajstić information content (AvgIpc) is 2.86. The second kappa shape index (κ2) is 14.0. The monoisotopic (exact) mass is 367 g/mol. The smallest absolute Gasteiger partial charge is 0.217 e. The Balaban J connectivity index is 2.31. The first kappa shape index (κ1) is 22.9. The van der Waals surface area contributed by atoms with Crippen LogP contribution < -0.4 is 5.73 Å². The Morgan fingerprint density at radius 2 is 1.77 bits per heavy atom. The minimum Gasteiger partial charge on any atom is -0.393 e. The molecule has 0 radical (unpaired) electrons. The van der Waals surface area contributed by atoms with Gasteiger partial charge in [0.1, 0.15) is 0 Å². The number of rotatable bonds is 14. The fourth-order valence-electron chi connectivity index (χ4n) is 3.59. The van der Waals surface area contributed by atoms with E-state index in [-0.39, 0.29) is 17.7 Å². The van der Waals surface area contributed by atoms with Crippen LogP contribution in [0.4, 0.5) is 0 Å². The Labute approximate surface area is 158 Å². The molecule has 0 bridgehead atoms.